The summed E-state index contributed by atoms with van der Waals surface area (Å²) < 4.78 is 245. The van der Waals surface area contributed by atoms with Crippen molar-refractivity contribution in [1.82, 2.24) is 0 Å². The van der Waals surface area contributed by atoms with Crippen LogP contribution in [0.25, 0.3) is 0 Å². The molecule has 0 bridgehead atoms. The van der Waals surface area contributed by atoms with E-state index in [1.54, 1.807) is 0 Å². The maximum Gasteiger partial charge on any atom is 0.500 e. The molecule has 0 saturated heterocycles. The van der Waals surface area contributed by atoms with Gasteiger partial charge in [0.2, 0.25) is 0 Å². The SMILES string of the molecule is CO[Si](CCCC(F)(F)C(F)(F)C(F)(F)C(F)(F)C(F)(F)C(F)(F)C(F)(F)C(F)(F)C(C)F)(OC)OC. The molecule has 0 N–H and O–H groups in total. The predicted molar refractivity (Wildman–Crippen MR) is 91.0 cm³/mol. The second kappa shape index (κ2) is 10.5. The Morgan fingerprint density at radius 2 is 0.838 bits per heavy atom. The summed E-state index contributed by atoms with van der Waals surface area (Å²) in [6.45, 7) is -0.641. The predicted octanol–water partition coefficient (Wildman–Crippen LogP) is 7.09. The van der Waals surface area contributed by atoms with Crippen LogP contribution in [0.2, 0.25) is 6.04 Å². The van der Waals surface area contributed by atoms with E-state index in [1.807, 2.05) is 0 Å². The van der Waals surface area contributed by atoms with Crippen LogP contribution in [0.5, 0.6) is 0 Å². The van der Waals surface area contributed by atoms with E-state index >= 15 is 0 Å². The zero-order valence-electron chi connectivity index (χ0n) is 18.8. The Labute approximate surface area is 198 Å². The molecule has 0 radical (unpaired) electrons. The van der Waals surface area contributed by atoms with Crippen molar-refractivity contribution in [3.8, 4) is 0 Å². The molecule has 0 aromatic heterocycles. The molecule has 21 heteroatoms. The minimum Gasteiger partial charge on any atom is -0.377 e. The highest BCUT2D eigenvalue weighted by Gasteiger charge is 2.95. The molecule has 0 aromatic carbocycles. The van der Waals surface area contributed by atoms with E-state index in [2.05, 4.69) is 13.3 Å². The van der Waals surface area contributed by atoms with Crippen LogP contribution < -0.4 is 0 Å². The van der Waals surface area contributed by atoms with Crippen molar-refractivity contribution in [1.29, 1.82) is 0 Å². The molecule has 0 heterocycles. The lowest BCUT2D eigenvalue weighted by Crippen LogP contribution is -2.75. The molecule has 0 aromatic rings. The van der Waals surface area contributed by atoms with Crippen molar-refractivity contribution < 1.29 is 87.9 Å². The van der Waals surface area contributed by atoms with Crippen molar-refractivity contribution in [2.75, 3.05) is 21.3 Å². The number of halogens is 17. The summed E-state index contributed by atoms with van der Waals surface area (Å²) in [6.07, 6.45) is -8.42. The Morgan fingerprint density at radius 1 is 0.541 bits per heavy atom. The molecule has 1 unspecified atom stereocenters. The van der Waals surface area contributed by atoms with Gasteiger partial charge in [-0.1, -0.05) is 0 Å². The molecule has 0 amide bonds. The third-order valence-electron chi connectivity index (χ3n) is 5.26. The van der Waals surface area contributed by atoms with Crippen LogP contribution >= 0.6 is 0 Å². The molecule has 0 fully saturated rings. The van der Waals surface area contributed by atoms with Crippen molar-refractivity contribution in [2.45, 2.75) is 79.4 Å². The van der Waals surface area contributed by atoms with Gasteiger partial charge in [0.1, 0.15) is 0 Å². The molecule has 0 rings (SSSR count). The van der Waals surface area contributed by atoms with Crippen LogP contribution in [0.4, 0.5) is 74.6 Å². The number of hydrogen-bond acceptors (Lipinski definition) is 3. The lowest BCUT2D eigenvalue weighted by molar-refractivity contribution is -0.455. The van der Waals surface area contributed by atoms with E-state index in [1.165, 1.54) is 0 Å². The van der Waals surface area contributed by atoms with Crippen molar-refractivity contribution in [3.63, 3.8) is 0 Å². The van der Waals surface area contributed by atoms with Gasteiger partial charge in [0, 0.05) is 33.8 Å². The molecule has 1 atom stereocenters. The zero-order valence-corrected chi connectivity index (χ0v) is 19.8. The normalized spacial score (nSPS) is 16.8. The summed E-state index contributed by atoms with van der Waals surface area (Å²) in [4.78, 5) is 0. The van der Waals surface area contributed by atoms with E-state index in [0.29, 0.717) is 0 Å². The van der Waals surface area contributed by atoms with E-state index in [-0.39, 0.29) is 0 Å². The lowest BCUT2D eigenvalue weighted by atomic mass is 9.86. The third-order valence-corrected chi connectivity index (χ3v) is 8.09. The minimum atomic E-state index is -8.57. The van der Waals surface area contributed by atoms with Crippen LogP contribution in [0, 0.1) is 0 Å². The Bertz CT molecular complexity index is 759. The fourth-order valence-corrected chi connectivity index (χ4v) is 4.44. The smallest absolute Gasteiger partial charge is 0.377 e. The van der Waals surface area contributed by atoms with E-state index in [9.17, 15) is 74.6 Å². The summed E-state index contributed by atoms with van der Waals surface area (Å²) in [5, 5.41) is 0. The van der Waals surface area contributed by atoms with Gasteiger partial charge in [0.05, 0.1) is 0 Å². The van der Waals surface area contributed by atoms with Gasteiger partial charge in [-0.25, -0.2) is 4.39 Å². The van der Waals surface area contributed by atoms with Crippen molar-refractivity contribution >= 4 is 8.80 Å². The Hall–Kier alpha value is -1.09. The number of rotatable bonds is 15. The van der Waals surface area contributed by atoms with Gasteiger partial charge in [-0.3, -0.25) is 0 Å². The summed E-state index contributed by atoms with van der Waals surface area (Å²) in [7, 11) is -1.28. The first-order chi connectivity index (χ1) is 16.1. The van der Waals surface area contributed by atoms with E-state index in [0.717, 1.165) is 21.3 Å². The monoisotopic (exact) mass is 610 g/mol. The quantitative estimate of drug-likeness (QED) is 0.147. The van der Waals surface area contributed by atoms with Crippen LogP contribution in [0.15, 0.2) is 0 Å². The summed E-state index contributed by atoms with van der Waals surface area (Å²) in [5.41, 5.74) is 0. The van der Waals surface area contributed by atoms with E-state index < -0.39 is 88.2 Å². The highest BCUT2D eigenvalue weighted by molar-refractivity contribution is 6.60. The van der Waals surface area contributed by atoms with Gasteiger partial charge in [0.15, 0.2) is 6.17 Å². The van der Waals surface area contributed by atoms with Gasteiger partial charge in [-0.15, -0.1) is 0 Å². The van der Waals surface area contributed by atoms with Crippen LogP contribution in [0.1, 0.15) is 19.8 Å². The van der Waals surface area contributed by atoms with E-state index in [4.69, 9.17) is 0 Å². The van der Waals surface area contributed by atoms with Crippen LogP contribution in [-0.2, 0) is 13.3 Å². The first-order valence-corrected chi connectivity index (χ1v) is 11.3. The fourth-order valence-electron chi connectivity index (χ4n) is 2.72. The zero-order chi connectivity index (χ0) is 30.3. The van der Waals surface area contributed by atoms with Crippen LogP contribution in [0.3, 0.4) is 0 Å². The molecule has 0 aliphatic carbocycles. The Balaban J connectivity index is 6.48. The third kappa shape index (κ3) is 5.24. The van der Waals surface area contributed by atoms with Gasteiger partial charge < -0.3 is 13.3 Å². The van der Waals surface area contributed by atoms with Gasteiger partial charge >= 0.3 is 56.2 Å². The van der Waals surface area contributed by atoms with Gasteiger partial charge in [0.25, 0.3) is 0 Å². The highest BCUT2D eigenvalue weighted by atomic mass is 28.4. The summed E-state index contributed by atoms with van der Waals surface area (Å²) in [6, 6.07) is -0.888. The highest BCUT2D eigenvalue weighted by Crippen LogP contribution is 2.64. The molecular weight excluding hydrogens is 591 g/mol. The lowest BCUT2D eigenvalue weighted by Gasteiger charge is -2.44. The molecule has 224 valence electrons. The Morgan fingerprint density at radius 3 is 1.14 bits per heavy atom. The topological polar surface area (TPSA) is 27.7 Å². The fraction of sp³-hybridized carbons (Fsp3) is 1.00. The summed E-state index contributed by atoms with van der Waals surface area (Å²) in [5.74, 6) is -62.7. The number of alkyl halides is 17. The Kier molecular flexibility index (Phi) is 10.2. The average Bonchev–Trinajstić information content (AvgIpc) is 2.75. The van der Waals surface area contributed by atoms with Crippen molar-refractivity contribution in [2.24, 2.45) is 0 Å². The largest absolute Gasteiger partial charge is 0.500 e. The average molecular weight is 610 g/mol. The maximum absolute atomic E-state index is 13.9. The second-order valence-corrected chi connectivity index (χ2v) is 10.6. The molecule has 0 aliphatic heterocycles. The van der Waals surface area contributed by atoms with Crippen molar-refractivity contribution in [3.05, 3.63) is 0 Å². The van der Waals surface area contributed by atoms with Gasteiger partial charge in [-0.2, -0.15) is 70.2 Å². The second-order valence-electron chi connectivity index (χ2n) is 7.54. The molecule has 3 nitrogen and oxygen atoms in total. The molecule has 0 spiro atoms. The molecule has 37 heavy (non-hydrogen) atoms. The minimum absolute atomic E-state index is 0.641. The summed E-state index contributed by atoms with van der Waals surface area (Å²) >= 11 is 0. The first kappa shape index (κ1) is 35.9. The van der Waals surface area contributed by atoms with Gasteiger partial charge in [-0.05, 0) is 13.3 Å². The number of hydrogen-bond donors (Lipinski definition) is 0. The maximum atomic E-state index is 13.9. The standard InChI is InChI=1S/C16H19F17O3Si/c1-8(17)10(20,21)12(24,25)14(28,29)16(32,33)15(30,31)13(26,27)11(22,23)9(18,19)6-5-7-37(34-2,35-3)36-4/h8H,5-7H2,1-4H3. The van der Waals surface area contributed by atoms with Crippen LogP contribution in [-0.4, -0.2) is 83.7 Å². The molecule has 0 aliphatic rings. The molecule has 0 saturated carbocycles. The first-order valence-electron chi connectivity index (χ1n) is 9.40. The molecular formula is C16H19F17O3Si.